The molecule has 0 aromatic heterocycles. The predicted octanol–water partition coefficient (Wildman–Crippen LogP) is 6.49. The number of nitrogens with one attached hydrogen (secondary N) is 1. The lowest BCUT2D eigenvalue weighted by atomic mass is 10.0. The maximum atomic E-state index is 10.7. The van der Waals surface area contributed by atoms with E-state index in [4.69, 9.17) is 9.47 Å². The van der Waals surface area contributed by atoms with Gasteiger partial charge in [0.25, 0.3) is 0 Å². The number of hydrogen-bond donors (Lipinski definition) is 2. The Bertz CT molecular complexity index is 1160. The Morgan fingerprint density at radius 1 is 0.667 bits per heavy atom. The monoisotopic (exact) mass is 481 g/mol. The molecule has 0 aliphatic carbocycles. The van der Waals surface area contributed by atoms with Crippen LogP contribution in [0.2, 0.25) is 0 Å². The Morgan fingerprint density at radius 3 is 1.92 bits per heavy atom. The first-order valence-electron chi connectivity index (χ1n) is 12.6. The minimum atomic E-state index is -0.589. The lowest BCUT2D eigenvalue weighted by Gasteiger charge is -2.18. The smallest absolute Gasteiger partial charge is 0.120 e. The minimum absolute atomic E-state index is 0.283. The van der Waals surface area contributed by atoms with E-state index in [1.807, 2.05) is 84.9 Å². The first-order chi connectivity index (χ1) is 17.7. The van der Waals surface area contributed by atoms with Crippen LogP contribution >= 0.6 is 0 Å². The Hall–Kier alpha value is -3.60. The maximum absolute atomic E-state index is 10.7. The summed E-state index contributed by atoms with van der Waals surface area (Å²) in [5, 5.41) is 14.2. The molecule has 1 unspecified atom stereocenters. The molecule has 0 aliphatic heterocycles. The van der Waals surface area contributed by atoms with E-state index in [-0.39, 0.29) is 6.04 Å². The van der Waals surface area contributed by atoms with Gasteiger partial charge in [-0.3, -0.25) is 0 Å². The predicted molar refractivity (Wildman–Crippen MR) is 145 cm³/mol. The van der Waals surface area contributed by atoms with Crippen LogP contribution in [0.3, 0.4) is 0 Å². The second-order valence-corrected chi connectivity index (χ2v) is 9.13. The van der Waals surface area contributed by atoms with Crippen LogP contribution in [-0.4, -0.2) is 17.7 Å². The largest absolute Gasteiger partial charge is 0.489 e. The van der Waals surface area contributed by atoms with E-state index in [0.717, 1.165) is 41.0 Å². The molecule has 0 bridgehead atoms. The van der Waals surface area contributed by atoms with Gasteiger partial charge in [0.1, 0.15) is 24.7 Å². The molecular weight excluding hydrogens is 446 g/mol. The summed E-state index contributed by atoms with van der Waals surface area (Å²) in [5.74, 6) is 1.64. The van der Waals surface area contributed by atoms with Crippen LogP contribution in [-0.2, 0) is 19.6 Å². The summed E-state index contributed by atoms with van der Waals surface area (Å²) < 4.78 is 11.8. The molecule has 0 amide bonds. The van der Waals surface area contributed by atoms with Crippen molar-refractivity contribution < 1.29 is 14.6 Å². The zero-order valence-electron chi connectivity index (χ0n) is 20.8. The summed E-state index contributed by atoms with van der Waals surface area (Å²) in [4.78, 5) is 0. The van der Waals surface area contributed by atoms with E-state index < -0.39 is 6.10 Å². The summed E-state index contributed by atoms with van der Waals surface area (Å²) in [5.41, 5.74) is 4.41. The molecule has 0 heterocycles. The number of aliphatic hydroxyl groups excluding tert-OH is 1. The summed E-state index contributed by atoms with van der Waals surface area (Å²) in [6, 6.07) is 36.6. The lowest BCUT2D eigenvalue weighted by Crippen LogP contribution is -2.30. The van der Waals surface area contributed by atoms with Gasteiger partial charge < -0.3 is 19.9 Å². The van der Waals surface area contributed by atoms with Crippen LogP contribution in [0, 0.1) is 0 Å². The third kappa shape index (κ3) is 8.26. The van der Waals surface area contributed by atoms with Gasteiger partial charge in [-0.1, -0.05) is 84.9 Å². The Labute approximate surface area is 214 Å². The molecule has 4 nitrogen and oxygen atoms in total. The van der Waals surface area contributed by atoms with Crippen LogP contribution in [0.5, 0.6) is 11.5 Å². The maximum Gasteiger partial charge on any atom is 0.120 e. The highest BCUT2D eigenvalue weighted by Gasteiger charge is 2.11. The fourth-order valence-corrected chi connectivity index (χ4v) is 3.96. The molecule has 0 saturated carbocycles. The van der Waals surface area contributed by atoms with Crippen LogP contribution in [0.15, 0.2) is 109 Å². The van der Waals surface area contributed by atoms with Gasteiger partial charge in [0, 0.05) is 12.6 Å². The molecule has 4 aromatic carbocycles. The van der Waals surface area contributed by atoms with Crippen molar-refractivity contribution in [3.63, 3.8) is 0 Å². The highest BCUT2D eigenvalue weighted by molar-refractivity contribution is 5.31. The van der Waals surface area contributed by atoms with Crippen LogP contribution in [0.25, 0.3) is 0 Å². The third-order valence-electron chi connectivity index (χ3n) is 6.19. The molecule has 0 fully saturated rings. The molecule has 186 valence electrons. The van der Waals surface area contributed by atoms with Crippen molar-refractivity contribution in [1.82, 2.24) is 5.32 Å². The van der Waals surface area contributed by atoms with Gasteiger partial charge in [-0.25, -0.2) is 0 Å². The molecule has 2 atom stereocenters. The molecule has 4 aromatic rings. The zero-order valence-corrected chi connectivity index (χ0v) is 20.8. The number of ether oxygens (including phenoxy) is 2. The van der Waals surface area contributed by atoms with E-state index in [9.17, 15) is 5.11 Å². The van der Waals surface area contributed by atoms with Crippen molar-refractivity contribution in [2.75, 3.05) is 6.54 Å². The van der Waals surface area contributed by atoms with Gasteiger partial charge >= 0.3 is 0 Å². The number of aryl methyl sites for hydroxylation is 1. The van der Waals surface area contributed by atoms with Crippen molar-refractivity contribution in [2.45, 2.75) is 45.1 Å². The summed E-state index contributed by atoms with van der Waals surface area (Å²) >= 11 is 0. The second-order valence-electron chi connectivity index (χ2n) is 9.13. The van der Waals surface area contributed by atoms with Crippen LogP contribution in [0.1, 0.15) is 41.7 Å². The molecular formula is C32H35NO3. The van der Waals surface area contributed by atoms with Crippen molar-refractivity contribution in [2.24, 2.45) is 0 Å². The number of hydrogen-bond acceptors (Lipinski definition) is 4. The fourth-order valence-electron chi connectivity index (χ4n) is 3.96. The van der Waals surface area contributed by atoms with Gasteiger partial charge in [0.05, 0.1) is 6.10 Å². The van der Waals surface area contributed by atoms with Crippen LogP contribution in [0.4, 0.5) is 0 Å². The minimum Gasteiger partial charge on any atom is -0.489 e. The number of aliphatic hydroxyl groups is 1. The summed E-state index contributed by atoms with van der Waals surface area (Å²) in [6.45, 7) is 3.74. The van der Waals surface area contributed by atoms with Gasteiger partial charge in [-0.05, 0) is 66.3 Å². The van der Waals surface area contributed by atoms with Crippen LogP contribution < -0.4 is 14.8 Å². The molecule has 0 aliphatic rings. The highest BCUT2D eigenvalue weighted by atomic mass is 16.5. The van der Waals surface area contributed by atoms with E-state index in [0.29, 0.717) is 19.8 Å². The number of rotatable bonds is 13. The van der Waals surface area contributed by atoms with Gasteiger partial charge in [0.15, 0.2) is 0 Å². The Kier molecular flexibility index (Phi) is 9.54. The average molecular weight is 482 g/mol. The lowest BCUT2D eigenvalue weighted by molar-refractivity contribution is 0.169. The topological polar surface area (TPSA) is 50.7 Å². The van der Waals surface area contributed by atoms with Crippen molar-refractivity contribution in [3.05, 3.63) is 131 Å². The number of benzene rings is 4. The second kappa shape index (κ2) is 13.5. The van der Waals surface area contributed by atoms with Crippen molar-refractivity contribution >= 4 is 0 Å². The molecule has 0 radical (unpaired) electrons. The Balaban J connectivity index is 1.17. The standard InChI is InChI=1S/C32H35NO3/c1-25(15-16-26-17-19-30(20-18-26)35-23-27-9-4-2-5-10-27)33-22-32(34)29-13-8-14-31(21-29)36-24-28-11-6-3-7-12-28/h2-14,17-21,25,32-34H,15-16,22-24H2,1H3/t25-,32?/m1/s1. The van der Waals surface area contributed by atoms with E-state index >= 15 is 0 Å². The molecule has 0 spiro atoms. The molecule has 4 heteroatoms. The quantitative estimate of drug-likeness (QED) is 0.229. The average Bonchev–Trinajstić information content (AvgIpc) is 2.94. The first-order valence-corrected chi connectivity index (χ1v) is 12.6. The Morgan fingerprint density at radius 2 is 1.28 bits per heavy atom. The molecule has 0 saturated heterocycles. The van der Waals surface area contributed by atoms with Crippen molar-refractivity contribution in [3.8, 4) is 11.5 Å². The SMILES string of the molecule is C[C@H](CCc1ccc(OCc2ccccc2)cc1)NCC(O)c1cccc(OCc2ccccc2)c1. The first kappa shape index (κ1) is 25.5. The van der Waals surface area contributed by atoms with E-state index in [1.54, 1.807) is 0 Å². The summed E-state index contributed by atoms with van der Waals surface area (Å²) in [7, 11) is 0. The van der Waals surface area contributed by atoms with Gasteiger partial charge in [-0.15, -0.1) is 0 Å². The van der Waals surface area contributed by atoms with E-state index in [2.05, 4.69) is 36.5 Å². The van der Waals surface area contributed by atoms with Gasteiger partial charge in [0.2, 0.25) is 0 Å². The van der Waals surface area contributed by atoms with Gasteiger partial charge in [-0.2, -0.15) is 0 Å². The molecule has 36 heavy (non-hydrogen) atoms. The van der Waals surface area contributed by atoms with E-state index in [1.165, 1.54) is 5.56 Å². The zero-order chi connectivity index (χ0) is 25.0. The van der Waals surface area contributed by atoms with Crippen molar-refractivity contribution in [1.29, 1.82) is 0 Å². The summed E-state index contributed by atoms with van der Waals surface area (Å²) in [6.07, 6.45) is 1.36. The highest BCUT2D eigenvalue weighted by Crippen LogP contribution is 2.21. The molecule has 4 rings (SSSR count). The normalized spacial score (nSPS) is 12.6. The third-order valence-corrected chi connectivity index (χ3v) is 6.19. The molecule has 2 N–H and O–H groups in total. The fraction of sp³-hybridized carbons (Fsp3) is 0.250.